The first kappa shape index (κ1) is 9.61. The standard InChI is InChI=1S/C3H8O3S3/c1-3(7,8)2-9(4,5)6/h7-8H,2H2,1H3,(H,4,5,6). The van der Waals surface area contributed by atoms with Gasteiger partial charge in [-0.3, -0.25) is 4.55 Å². The average Bonchev–Trinajstić information content (AvgIpc) is 1.14. The lowest BCUT2D eigenvalue weighted by Crippen LogP contribution is -2.21. The molecule has 0 bridgehead atoms. The largest absolute Gasteiger partial charge is 0.285 e. The minimum atomic E-state index is -3.93. The van der Waals surface area contributed by atoms with Crippen molar-refractivity contribution in [2.24, 2.45) is 0 Å². The molecule has 0 aromatic heterocycles. The van der Waals surface area contributed by atoms with Gasteiger partial charge in [0.05, 0.1) is 9.83 Å². The highest BCUT2D eigenvalue weighted by Crippen LogP contribution is 2.19. The molecule has 0 rings (SSSR count). The number of thiol groups is 2. The first-order valence-electron chi connectivity index (χ1n) is 2.11. The highest BCUT2D eigenvalue weighted by Gasteiger charge is 2.20. The van der Waals surface area contributed by atoms with Crippen molar-refractivity contribution in [2.45, 2.75) is 11.0 Å². The highest BCUT2D eigenvalue weighted by molar-refractivity contribution is 8.02. The summed E-state index contributed by atoms with van der Waals surface area (Å²) < 4.78 is 27.5. The summed E-state index contributed by atoms with van der Waals surface area (Å²) in [4.78, 5) is 0. The van der Waals surface area contributed by atoms with E-state index in [1.165, 1.54) is 6.92 Å². The van der Waals surface area contributed by atoms with Crippen molar-refractivity contribution in [1.82, 2.24) is 0 Å². The SMILES string of the molecule is CC(S)(S)CS(=O)(=O)O. The van der Waals surface area contributed by atoms with Crippen LogP contribution < -0.4 is 0 Å². The summed E-state index contributed by atoms with van der Waals surface area (Å²) in [5.74, 6) is -0.452. The molecule has 0 fully saturated rings. The van der Waals surface area contributed by atoms with E-state index in [0.29, 0.717) is 0 Å². The zero-order chi connectivity index (χ0) is 7.71. The predicted octanol–water partition coefficient (Wildman–Crippen LogP) is 0.450. The molecule has 0 amide bonds. The summed E-state index contributed by atoms with van der Waals surface area (Å²) >= 11 is 7.55. The van der Waals surface area contributed by atoms with Crippen molar-refractivity contribution in [3.63, 3.8) is 0 Å². The molecule has 0 saturated carbocycles. The van der Waals surface area contributed by atoms with Crippen molar-refractivity contribution in [2.75, 3.05) is 5.75 Å². The Morgan fingerprint density at radius 2 is 1.89 bits per heavy atom. The Morgan fingerprint density at radius 1 is 1.56 bits per heavy atom. The van der Waals surface area contributed by atoms with Gasteiger partial charge in [0.1, 0.15) is 0 Å². The topological polar surface area (TPSA) is 54.4 Å². The summed E-state index contributed by atoms with van der Waals surface area (Å²) in [6.45, 7) is 1.48. The lowest BCUT2D eigenvalue weighted by molar-refractivity contribution is 0.482. The van der Waals surface area contributed by atoms with Gasteiger partial charge < -0.3 is 0 Å². The fraction of sp³-hybridized carbons (Fsp3) is 1.00. The Balaban J connectivity index is 4.07. The van der Waals surface area contributed by atoms with E-state index in [-0.39, 0.29) is 0 Å². The fourth-order valence-corrected chi connectivity index (χ4v) is 2.02. The van der Waals surface area contributed by atoms with E-state index in [1.54, 1.807) is 0 Å². The van der Waals surface area contributed by atoms with Gasteiger partial charge in [-0.1, -0.05) is 0 Å². The second-order valence-corrected chi connectivity index (χ2v) is 5.72. The Morgan fingerprint density at radius 3 is 1.89 bits per heavy atom. The van der Waals surface area contributed by atoms with Gasteiger partial charge in [-0.05, 0) is 6.92 Å². The van der Waals surface area contributed by atoms with Crippen molar-refractivity contribution in [1.29, 1.82) is 0 Å². The first-order valence-corrected chi connectivity index (χ1v) is 4.61. The molecule has 0 spiro atoms. The Kier molecular flexibility index (Phi) is 2.87. The quantitative estimate of drug-likeness (QED) is 0.335. The van der Waals surface area contributed by atoms with Crippen LogP contribution in [0.5, 0.6) is 0 Å². The summed E-state index contributed by atoms with van der Waals surface area (Å²) in [5.41, 5.74) is 0. The normalized spacial score (nSPS) is 13.8. The maximum Gasteiger partial charge on any atom is 0.267 e. The zero-order valence-corrected chi connectivity index (χ0v) is 7.38. The van der Waals surface area contributed by atoms with Crippen LogP contribution >= 0.6 is 25.3 Å². The van der Waals surface area contributed by atoms with Crippen LogP contribution in [0, 0.1) is 0 Å². The lowest BCUT2D eigenvalue weighted by atomic mass is 10.5. The van der Waals surface area contributed by atoms with E-state index in [2.05, 4.69) is 25.3 Å². The molecule has 0 radical (unpaired) electrons. The summed E-state index contributed by atoms with van der Waals surface area (Å²) in [7, 11) is -3.93. The molecular formula is C3H8O3S3. The third-order valence-electron chi connectivity index (χ3n) is 0.456. The van der Waals surface area contributed by atoms with Crippen LogP contribution in [-0.2, 0) is 10.1 Å². The molecule has 0 aliphatic carbocycles. The number of rotatable bonds is 2. The van der Waals surface area contributed by atoms with Crippen LogP contribution in [0.15, 0.2) is 0 Å². The van der Waals surface area contributed by atoms with Gasteiger partial charge in [0.2, 0.25) is 0 Å². The van der Waals surface area contributed by atoms with Gasteiger partial charge in [-0.15, -0.1) is 0 Å². The van der Waals surface area contributed by atoms with Crippen LogP contribution in [0.2, 0.25) is 0 Å². The highest BCUT2D eigenvalue weighted by atomic mass is 32.2. The molecule has 56 valence electrons. The third-order valence-corrected chi connectivity index (χ3v) is 2.14. The number of hydrogen-bond donors (Lipinski definition) is 3. The van der Waals surface area contributed by atoms with Crippen molar-refractivity contribution >= 4 is 35.4 Å². The molecule has 0 aromatic rings. The molecule has 0 aliphatic rings. The van der Waals surface area contributed by atoms with Gasteiger partial charge in [-0.25, -0.2) is 0 Å². The molecule has 0 saturated heterocycles. The van der Waals surface area contributed by atoms with Gasteiger partial charge in [0.25, 0.3) is 10.1 Å². The summed E-state index contributed by atoms with van der Waals surface area (Å²) in [6.07, 6.45) is 0. The Bertz CT molecular complexity index is 175. The van der Waals surface area contributed by atoms with Crippen LogP contribution in [0.4, 0.5) is 0 Å². The molecular weight excluding hydrogens is 180 g/mol. The van der Waals surface area contributed by atoms with E-state index < -0.39 is 20.0 Å². The molecule has 9 heavy (non-hydrogen) atoms. The van der Waals surface area contributed by atoms with Crippen molar-refractivity contribution < 1.29 is 13.0 Å². The van der Waals surface area contributed by atoms with E-state index in [4.69, 9.17) is 4.55 Å². The smallest absolute Gasteiger partial charge is 0.267 e. The van der Waals surface area contributed by atoms with Crippen LogP contribution in [0.1, 0.15) is 6.92 Å². The van der Waals surface area contributed by atoms with Crippen LogP contribution in [0.3, 0.4) is 0 Å². The molecule has 0 heterocycles. The summed E-state index contributed by atoms with van der Waals surface area (Å²) in [6, 6.07) is 0. The second kappa shape index (κ2) is 2.69. The molecule has 0 aromatic carbocycles. The van der Waals surface area contributed by atoms with Gasteiger partial charge >= 0.3 is 0 Å². The Labute approximate surface area is 65.4 Å². The van der Waals surface area contributed by atoms with Gasteiger partial charge in [-0.2, -0.15) is 33.7 Å². The molecule has 0 unspecified atom stereocenters. The molecule has 0 atom stereocenters. The second-order valence-electron chi connectivity index (χ2n) is 1.94. The zero-order valence-electron chi connectivity index (χ0n) is 4.77. The minimum absolute atomic E-state index is 0.452. The van der Waals surface area contributed by atoms with Crippen LogP contribution in [0.25, 0.3) is 0 Å². The van der Waals surface area contributed by atoms with Gasteiger partial charge in [0.15, 0.2) is 0 Å². The monoisotopic (exact) mass is 188 g/mol. The maximum atomic E-state index is 10.1. The fourth-order valence-electron chi connectivity index (χ4n) is 0.346. The van der Waals surface area contributed by atoms with Crippen molar-refractivity contribution in [3.05, 3.63) is 0 Å². The van der Waals surface area contributed by atoms with E-state index >= 15 is 0 Å². The third kappa shape index (κ3) is 8.61. The summed E-state index contributed by atoms with van der Waals surface area (Å²) in [5, 5.41) is 0. The number of hydrogen-bond acceptors (Lipinski definition) is 4. The molecule has 3 nitrogen and oxygen atoms in total. The lowest BCUT2D eigenvalue weighted by Gasteiger charge is -2.12. The Hall–Kier alpha value is 0.610. The minimum Gasteiger partial charge on any atom is -0.285 e. The average molecular weight is 188 g/mol. The predicted molar refractivity (Wildman–Crippen MR) is 42.8 cm³/mol. The molecule has 6 heteroatoms. The first-order chi connectivity index (χ1) is 3.71. The van der Waals surface area contributed by atoms with E-state index in [1.807, 2.05) is 0 Å². The maximum absolute atomic E-state index is 10.1. The van der Waals surface area contributed by atoms with E-state index in [0.717, 1.165) is 0 Å². The van der Waals surface area contributed by atoms with E-state index in [9.17, 15) is 8.42 Å². The van der Waals surface area contributed by atoms with Gasteiger partial charge in [0, 0.05) is 0 Å². The molecule has 0 aliphatic heterocycles. The van der Waals surface area contributed by atoms with Crippen LogP contribution in [-0.4, -0.2) is 22.8 Å². The van der Waals surface area contributed by atoms with Crippen molar-refractivity contribution in [3.8, 4) is 0 Å². The molecule has 1 N–H and O–H groups in total.